The van der Waals surface area contributed by atoms with Crippen LogP contribution in [0.15, 0.2) is 28.3 Å². The molecule has 2 nitrogen and oxygen atoms in total. The van der Waals surface area contributed by atoms with Crippen molar-refractivity contribution >= 4 is 31.0 Å². The first-order valence-corrected chi connectivity index (χ1v) is 13.2. The molecule has 5 heteroatoms. The Morgan fingerprint density at radius 3 is 2.29 bits per heavy atom. The van der Waals surface area contributed by atoms with Crippen LogP contribution in [0.4, 0.5) is 0 Å². The van der Waals surface area contributed by atoms with Gasteiger partial charge in [-0.3, -0.25) is 0 Å². The summed E-state index contributed by atoms with van der Waals surface area (Å²) in [6.45, 7) is 15.5. The zero-order valence-corrected chi connectivity index (χ0v) is 18.4. The maximum Gasteiger partial charge on any atom is 0.193 e. The average molecular weight is 383 g/mol. The minimum absolute atomic E-state index is 0.0909. The predicted octanol–water partition coefficient (Wildman–Crippen LogP) is 6.61. The summed E-state index contributed by atoms with van der Waals surface area (Å²) in [5.74, 6) is 0.193. The van der Waals surface area contributed by atoms with Crippen LogP contribution < -0.4 is 0 Å². The van der Waals surface area contributed by atoms with E-state index in [1.807, 2.05) is 0 Å². The third kappa shape index (κ3) is 4.19. The summed E-state index contributed by atoms with van der Waals surface area (Å²) < 4.78 is 6.80. The van der Waals surface area contributed by atoms with Crippen LogP contribution in [0.1, 0.15) is 62.8 Å². The summed E-state index contributed by atoms with van der Waals surface area (Å²) in [7, 11) is -1.94. The molecule has 2 heterocycles. The van der Waals surface area contributed by atoms with Gasteiger partial charge in [0, 0.05) is 10.4 Å². The fourth-order valence-corrected chi connectivity index (χ4v) is 5.26. The Hall–Kier alpha value is -0.463. The Bertz CT molecular complexity index is 639. The maximum absolute atomic E-state index is 10.6. The first-order chi connectivity index (χ1) is 11.0. The van der Waals surface area contributed by atoms with Crippen molar-refractivity contribution in [3.8, 4) is 0 Å². The zero-order chi connectivity index (χ0) is 18.1. The molecule has 0 radical (unpaired) electrons. The molecule has 2 unspecified atom stereocenters. The molecule has 0 aromatic carbocycles. The molecule has 2 rings (SSSR count). The van der Waals surface area contributed by atoms with Crippen molar-refractivity contribution in [3.05, 3.63) is 44.3 Å². The zero-order valence-electron chi connectivity index (χ0n) is 15.8. The topological polar surface area (TPSA) is 29.5 Å². The number of thiophene rings is 2. The number of hydrogen-bond donors (Lipinski definition) is 1. The summed E-state index contributed by atoms with van der Waals surface area (Å²) in [5.41, 5.74) is 2.32. The molecule has 0 aliphatic carbocycles. The van der Waals surface area contributed by atoms with Gasteiger partial charge in [0.1, 0.15) is 0 Å². The average Bonchev–Trinajstić information content (AvgIpc) is 3.14. The number of aliphatic hydroxyl groups is 1. The lowest BCUT2D eigenvalue weighted by atomic mass is 9.98. The molecule has 24 heavy (non-hydrogen) atoms. The van der Waals surface area contributed by atoms with Crippen LogP contribution in [-0.4, -0.2) is 13.4 Å². The predicted molar refractivity (Wildman–Crippen MR) is 109 cm³/mol. The van der Waals surface area contributed by atoms with Gasteiger partial charge >= 0.3 is 0 Å². The summed E-state index contributed by atoms with van der Waals surface area (Å²) in [5, 5.41) is 17.1. The van der Waals surface area contributed by atoms with Gasteiger partial charge in [-0.15, -0.1) is 11.3 Å². The molecule has 2 aromatic heterocycles. The Morgan fingerprint density at radius 2 is 1.79 bits per heavy atom. The standard InChI is InChI=1S/C19H30O2S2Si/c1-13(2)16(20)18-15(9-11-23-18)17(14-8-10-22-12-14)21-24(6,7)19(3,4)5/h8-13,16-17,20H,1-7H3. The summed E-state index contributed by atoms with van der Waals surface area (Å²) >= 11 is 3.33. The van der Waals surface area contributed by atoms with Crippen molar-refractivity contribution < 1.29 is 9.53 Å². The Balaban J connectivity index is 2.45. The van der Waals surface area contributed by atoms with Gasteiger partial charge in [-0.1, -0.05) is 34.6 Å². The van der Waals surface area contributed by atoms with Gasteiger partial charge in [-0.2, -0.15) is 11.3 Å². The third-order valence-corrected chi connectivity index (χ3v) is 11.1. The first-order valence-electron chi connectivity index (χ1n) is 8.50. The highest BCUT2D eigenvalue weighted by Gasteiger charge is 2.40. The number of hydrogen-bond acceptors (Lipinski definition) is 4. The second-order valence-corrected chi connectivity index (χ2v) is 14.7. The second-order valence-electron chi connectivity index (χ2n) is 8.24. The van der Waals surface area contributed by atoms with Crippen molar-refractivity contribution in [2.24, 2.45) is 5.92 Å². The Kier molecular flexibility index (Phi) is 6.14. The lowest BCUT2D eigenvalue weighted by Crippen LogP contribution is -2.42. The summed E-state index contributed by atoms with van der Waals surface area (Å²) in [4.78, 5) is 1.04. The highest BCUT2D eigenvalue weighted by Crippen LogP contribution is 2.44. The molecule has 0 saturated carbocycles. The molecule has 1 N–H and O–H groups in total. The molecule has 0 aliphatic rings. The Morgan fingerprint density at radius 1 is 1.12 bits per heavy atom. The molecule has 2 aromatic rings. The summed E-state index contributed by atoms with van der Waals surface area (Å²) in [6, 6.07) is 4.27. The fraction of sp³-hybridized carbons (Fsp3) is 0.579. The van der Waals surface area contributed by atoms with Crippen LogP contribution in [0.3, 0.4) is 0 Å². The molecule has 2 atom stereocenters. The first kappa shape index (κ1) is 19.9. The van der Waals surface area contributed by atoms with E-state index in [0.717, 1.165) is 10.4 Å². The van der Waals surface area contributed by atoms with Gasteiger partial charge in [-0.25, -0.2) is 0 Å². The van der Waals surface area contributed by atoms with Crippen LogP contribution in [0.5, 0.6) is 0 Å². The van der Waals surface area contributed by atoms with E-state index in [4.69, 9.17) is 4.43 Å². The van der Waals surface area contributed by atoms with E-state index in [0.29, 0.717) is 0 Å². The van der Waals surface area contributed by atoms with E-state index in [1.165, 1.54) is 5.56 Å². The largest absolute Gasteiger partial charge is 0.406 e. The molecule has 0 amide bonds. The molecule has 0 aliphatic heterocycles. The molecular weight excluding hydrogens is 352 g/mol. The van der Waals surface area contributed by atoms with Crippen LogP contribution in [0.2, 0.25) is 18.1 Å². The van der Waals surface area contributed by atoms with Gasteiger partial charge in [0.2, 0.25) is 0 Å². The molecule has 0 saturated heterocycles. The highest BCUT2D eigenvalue weighted by molar-refractivity contribution is 7.10. The maximum atomic E-state index is 10.6. The number of rotatable bonds is 6. The molecule has 0 bridgehead atoms. The highest BCUT2D eigenvalue weighted by atomic mass is 32.1. The quantitative estimate of drug-likeness (QED) is 0.569. The van der Waals surface area contributed by atoms with E-state index in [2.05, 4.69) is 76.0 Å². The Labute approximate surface area is 155 Å². The molecular formula is C19H30O2S2Si. The van der Waals surface area contributed by atoms with Gasteiger partial charge in [0.15, 0.2) is 8.32 Å². The van der Waals surface area contributed by atoms with Crippen molar-refractivity contribution in [1.29, 1.82) is 0 Å². The van der Waals surface area contributed by atoms with Gasteiger partial charge in [0.05, 0.1) is 12.2 Å². The van der Waals surface area contributed by atoms with Crippen molar-refractivity contribution in [2.75, 3.05) is 0 Å². The van der Waals surface area contributed by atoms with E-state index >= 15 is 0 Å². The van der Waals surface area contributed by atoms with Crippen LogP contribution in [-0.2, 0) is 4.43 Å². The number of aliphatic hydroxyl groups excluding tert-OH is 1. The lowest BCUT2D eigenvalue weighted by molar-refractivity contribution is 0.126. The van der Waals surface area contributed by atoms with Crippen LogP contribution in [0.25, 0.3) is 0 Å². The molecule has 0 spiro atoms. The van der Waals surface area contributed by atoms with Gasteiger partial charge in [0.25, 0.3) is 0 Å². The minimum Gasteiger partial charge on any atom is -0.406 e. The van der Waals surface area contributed by atoms with Crippen molar-refractivity contribution in [2.45, 2.75) is 65.0 Å². The van der Waals surface area contributed by atoms with Crippen LogP contribution >= 0.6 is 22.7 Å². The van der Waals surface area contributed by atoms with E-state index in [-0.39, 0.29) is 17.1 Å². The summed E-state index contributed by atoms with van der Waals surface area (Å²) in [6.07, 6.45) is -0.532. The van der Waals surface area contributed by atoms with Crippen molar-refractivity contribution in [1.82, 2.24) is 0 Å². The van der Waals surface area contributed by atoms with Gasteiger partial charge in [-0.05, 0) is 57.9 Å². The molecule has 134 valence electrons. The minimum atomic E-state index is -1.94. The fourth-order valence-electron chi connectivity index (χ4n) is 2.30. The van der Waals surface area contributed by atoms with E-state index in [1.54, 1.807) is 22.7 Å². The second kappa shape index (κ2) is 7.42. The normalized spacial score (nSPS) is 15.7. The van der Waals surface area contributed by atoms with E-state index < -0.39 is 14.4 Å². The third-order valence-electron chi connectivity index (χ3n) is 4.97. The smallest absolute Gasteiger partial charge is 0.193 e. The monoisotopic (exact) mass is 382 g/mol. The lowest BCUT2D eigenvalue weighted by Gasteiger charge is -2.39. The molecule has 0 fully saturated rings. The SMILES string of the molecule is CC(C)C(O)c1sccc1C(O[Si](C)(C)C(C)(C)C)c1ccsc1. The van der Waals surface area contributed by atoms with Crippen LogP contribution in [0, 0.1) is 5.92 Å². The van der Waals surface area contributed by atoms with Crippen molar-refractivity contribution in [3.63, 3.8) is 0 Å². The van der Waals surface area contributed by atoms with E-state index in [9.17, 15) is 5.11 Å². The van der Waals surface area contributed by atoms with Gasteiger partial charge < -0.3 is 9.53 Å².